The molecule has 0 aliphatic carbocycles. The predicted octanol–water partition coefficient (Wildman–Crippen LogP) is 0.409. The van der Waals surface area contributed by atoms with Crippen LogP contribution in [0.15, 0.2) is 30.3 Å². The number of hydrogen-bond donors (Lipinski definition) is 3. The Balaban J connectivity index is 2.46. The van der Waals surface area contributed by atoms with Crippen LogP contribution >= 0.6 is 0 Å². The summed E-state index contributed by atoms with van der Waals surface area (Å²) in [5.74, 6) is -0.993. The topological polar surface area (TPSA) is 78.8 Å². The van der Waals surface area contributed by atoms with Crippen LogP contribution in [0.1, 0.15) is 11.7 Å². The number of methoxy groups -OCH3 is 1. The Hall–Kier alpha value is -1.43. The van der Waals surface area contributed by atoms with Crippen molar-refractivity contribution >= 4 is 5.97 Å². The van der Waals surface area contributed by atoms with E-state index in [1.165, 1.54) is 7.11 Å². The van der Waals surface area contributed by atoms with Crippen LogP contribution in [0.5, 0.6) is 0 Å². The van der Waals surface area contributed by atoms with Crippen LogP contribution in [-0.4, -0.2) is 42.5 Å². The van der Waals surface area contributed by atoms with Crippen molar-refractivity contribution in [2.45, 2.75) is 12.1 Å². The highest BCUT2D eigenvalue weighted by Gasteiger charge is 2.18. The van der Waals surface area contributed by atoms with Gasteiger partial charge in [-0.05, 0) is 5.56 Å². The Bertz CT molecular complexity index is 342. The number of nitrogens with one attached hydrogen (secondary N) is 1. The number of aliphatic hydroxyl groups excluding tert-OH is 1. The third-order valence-corrected chi connectivity index (χ3v) is 2.37. The first-order valence-electron chi connectivity index (χ1n) is 5.33. The van der Waals surface area contributed by atoms with Gasteiger partial charge in [-0.15, -0.1) is 0 Å². The molecule has 5 heteroatoms. The van der Waals surface area contributed by atoms with E-state index in [9.17, 15) is 9.90 Å². The molecule has 0 aliphatic rings. The van der Waals surface area contributed by atoms with Gasteiger partial charge in [0, 0.05) is 13.7 Å². The number of aliphatic carboxylic acids is 1. The van der Waals surface area contributed by atoms with Crippen LogP contribution in [0.4, 0.5) is 0 Å². The molecule has 0 saturated heterocycles. The molecule has 0 fully saturated rings. The quantitative estimate of drug-likeness (QED) is 0.642. The molecule has 0 aromatic heterocycles. The van der Waals surface area contributed by atoms with E-state index in [1.807, 2.05) is 18.2 Å². The molecule has 0 saturated carbocycles. The fourth-order valence-corrected chi connectivity index (χ4v) is 1.43. The van der Waals surface area contributed by atoms with Gasteiger partial charge >= 0.3 is 5.97 Å². The maximum atomic E-state index is 10.8. The average molecular weight is 239 g/mol. The zero-order valence-electron chi connectivity index (χ0n) is 9.67. The van der Waals surface area contributed by atoms with Gasteiger partial charge in [0.1, 0.15) is 6.04 Å². The number of carboxylic acid groups (broad SMARTS) is 1. The Morgan fingerprint density at radius 1 is 1.41 bits per heavy atom. The number of rotatable bonds is 7. The van der Waals surface area contributed by atoms with Crippen LogP contribution in [0.2, 0.25) is 0 Å². The summed E-state index contributed by atoms with van der Waals surface area (Å²) >= 11 is 0. The van der Waals surface area contributed by atoms with E-state index in [0.29, 0.717) is 0 Å². The molecular formula is C12H17NO4. The molecule has 2 unspecified atom stereocenters. The van der Waals surface area contributed by atoms with Gasteiger partial charge in [-0.3, -0.25) is 10.1 Å². The van der Waals surface area contributed by atoms with E-state index in [0.717, 1.165) is 5.56 Å². The second-order valence-corrected chi connectivity index (χ2v) is 3.68. The van der Waals surface area contributed by atoms with Crippen LogP contribution in [0.25, 0.3) is 0 Å². The maximum absolute atomic E-state index is 10.8. The first-order valence-corrected chi connectivity index (χ1v) is 5.33. The second-order valence-electron chi connectivity index (χ2n) is 3.68. The van der Waals surface area contributed by atoms with Crippen molar-refractivity contribution in [3.05, 3.63) is 35.9 Å². The van der Waals surface area contributed by atoms with Crippen LogP contribution in [0, 0.1) is 0 Å². The first-order chi connectivity index (χ1) is 8.15. The van der Waals surface area contributed by atoms with Crippen LogP contribution < -0.4 is 5.32 Å². The Morgan fingerprint density at radius 2 is 2.06 bits per heavy atom. The Morgan fingerprint density at radius 3 is 2.59 bits per heavy atom. The van der Waals surface area contributed by atoms with E-state index in [2.05, 4.69) is 5.32 Å². The molecule has 0 amide bonds. The number of aliphatic hydroxyl groups is 1. The summed E-state index contributed by atoms with van der Waals surface area (Å²) in [4.78, 5) is 10.8. The van der Waals surface area contributed by atoms with E-state index in [1.54, 1.807) is 12.1 Å². The van der Waals surface area contributed by atoms with Crippen molar-refractivity contribution in [2.24, 2.45) is 0 Å². The number of carbonyl (C=O) groups is 1. The monoisotopic (exact) mass is 239 g/mol. The molecule has 0 heterocycles. The average Bonchev–Trinajstić information content (AvgIpc) is 2.34. The van der Waals surface area contributed by atoms with E-state index in [4.69, 9.17) is 9.84 Å². The number of ether oxygens (including phenoxy) is 1. The summed E-state index contributed by atoms with van der Waals surface area (Å²) in [5, 5.41) is 21.4. The molecule has 0 bridgehead atoms. The van der Waals surface area contributed by atoms with E-state index >= 15 is 0 Å². The predicted molar refractivity (Wildman–Crippen MR) is 62.7 cm³/mol. The molecule has 1 rings (SSSR count). The summed E-state index contributed by atoms with van der Waals surface area (Å²) in [7, 11) is 1.44. The number of carboxylic acids is 1. The molecule has 17 heavy (non-hydrogen) atoms. The van der Waals surface area contributed by atoms with Crippen molar-refractivity contribution in [1.29, 1.82) is 0 Å². The van der Waals surface area contributed by atoms with Crippen molar-refractivity contribution < 1.29 is 19.7 Å². The standard InChI is InChI=1S/C12H17NO4/c1-17-8-10(12(15)16)13-7-11(14)9-5-3-2-4-6-9/h2-6,10-11,13-14H,7-8H2,1H3,(H,15,16). The van der Waals surface area contributed by atoms with E-state index in [-0.39, 0.29) is 13.2 Å². The van der Waals surface area contributed by atoms with Gasteiger partial charge in [-0.25, -0.2) is 0 Å². The van der Waals surface area contributed by atoms with Gasteiger partial charge in [-0.2, -0.15) is 0 Å². The Labute approximate surface area is 100 Å². The maximum Gasteiger partial charge on any atom is 0.323 e. The summed E-state index contributed by atoms with van der Waals surface area (Å²) in [5.41, 5.74) is 0.751. The minimum Gasteiger partial charge on any atom is -0.480 e. The molecule has 1 aromatic rings. The number of hydrogen-bond acceptors (Lipinski definition) is 4. The molecule has 3 N–H and O–H groups in total. The third-order valence-electron chi connectivity index (χ3n) is 2.37. The molecule has 1 aromatic carbocycles. The summed E-state index contributed by atoms with van der Waals surface area (Å²) in [6, 6.07) is 8.27. The largest absolute Gasteiger partial charge is 0.480 e. The summed E-state index contributed by atoms with van der Waals surface area (Å²) < 4.78 is 4.78. The van der Waals surface area contributed by atoms with Gasteiger partial charge in [0.25, 0.3) is 0 Å². The fraction of sp³-hybridized carbons (Fsp3) is 0.417. The highest BCUT2D eigenvalue weighted by atomic mass is 16.5. The van der Waals surface area contributed by atoms with Gasteiger partial charge in [0.15, 0.2) is 0 Å². The lowest BCUT2D eigenvalue weighted by Crippen LogP contribution is -2.42. The zero-order chi connectivity index (χ0) is 12.7. The molecule has 0 aliphatic heterocycles. The lowest BCUT2D eigenvalue weighted by molar-refractivity contribution is -0.141. The van der Waals surface area contributed by atoms with Gasteiger partial charge < -0.3 is 14.9 Å². The smallest absolute Gasteiger partial charge is 0.323 e. The highest BCUT2D eigenvalue weighted by Crippen LogP contribution is 2.10. The van der Waals surface area contributed by atoms with Crippen LogP contribution in [0.3, 0.4) is 0 Å². The molecule has 0 spiro atoms. The van der Waals surface area contributed by atoms with Gasteiger partial charge in [0.05, 0.1) is 12.7 Å². The lowest BCUT2D eigenvalue weighted by Gasteiger charge is -2.16. The minimum absolute atomic E-state index is 0.0663. The second kappa shape index (κ2) is 7.01. The zero-order valence-corrected chi connectivity index (χ0v) is 9.67. The molecule has 5 nitrogen and oxygen atoms in total. The first kappa shape index (κ1) is 13.6. The van der Waals surface area contributed by atoms with Gasteiger partial charge in [-0.1, -0.05) is 30.3 Å². The molecular weight excluding hydrogens is 222 g/mol. The molecule has 94 valence electrons. The van der Waals surface area contributed by atoms with Crippen molar-refractivity contribution in [1.82, 2.24) is 5.32 Å². The highest BCUT2D eigenvalue weighted by molar-refractivity contribution is 5.73. The van der Waals surface area contributed by atoms with E-state index < -0.39 is 18.1 Å². The lowest BCUT2D eigenvalue weighted by atomic mass is 10.1. The SMILES string of the molecule is COCC(NCC(O)c1ccccc1)C(=O)O. The van der Waals surface area contributed by atoms with Crippen molar-refractivity contribution in [3.63, 3.8) is 0 Å². The summed E-state index contributed by atoms with van der Waals surface area (Å²) in [6.45, 7) is 0.237. The van der Waals surface area contributed by atoms with Crippen molar-refractivity contribution in [3.8, 4) is 0 Å². The molecule has 2 atom stereocenters. The van der Waals surface area contributed by atoms with Gasteiger partial charge in [0.2, 0.25) is 0 Å². The summed E-state index contributed by atoms with van der Waals surface area (Å²) in [6.07, 6.45) is -0.727. The third kappa shape index (κ3) is 4.52. The Kier molecular flexibility index (Phi) is 5.62. The molecule has 0 radical (unpaired) electrons. The van der Waals surface area contributed by atoms with Crippen LogP contribution in [-0.2, 0) is 9.53 Å². The van der Waals surface area contributed by atoms with Crippen molar-refractivity contribution in [2.75, 3.05) is 20.3 Å². The number of benzene rings is 1. The normalized spacial score (nSPS) is 14.2. The minimum atomic E-state index is -0.993. The fourth-order valence-electron chi connectivity index (χ4n) is 1.43.